The highest BCUT2D eigenvalue weighted by molar-refractivity contribution is 7.09. The van der Waals surface area contributed by atoms with Gasteiger partial charge in [0.15, 0.2) is 0 Å². The Kier molecular flexibility index (Phi) is 4.04. The minimum Gasteiger partial charge on any atom is -0.322 e. The fraction of sp³-hybridized carbons (Fsp3) is 0.267. The standard InChI is InChI=1S/C15H12F3N3O2S/c1-8-7-24-11(19-8)6-21-13(22)12(20-14(21)23)9-3-2-4-10(5-9)15(16,17)18/h2-5,7,12H,6H2,1H3,(H,20,23). The number of hydrogen-bond acceptors (Lipinski definition) is 4. The molecule has 3 amide bonds. The van der Waals surface area contributed by atoms with E-state index in [1.807, 2.05) is 0 Å². The van der Waals surface area contributed by atoms with Gasteiger partial charge < -0.3 is 5.32 Å². The quantitative estimate of drug-likeness (QED) is 0.860. The Labute approximate surface area is 139 Å². The van der Waals surface area contributed by atoms with E-state index in [0.717, 1.165) is 22.7 Å². The van der Waals surface area contributed by atoms with Crippen molar-refractivity contribution >= 4 is 23.3 Å². The van der Waals surface area contributed by atoms with Crippen LogP contribution in [0.4, 0.5) is 18.0 Å². The van der Waals surface area contributed by atoms with Crippen molar-refractivity contribution in [1.29, 1.82) is 0 Å². The Balaban J connectivity index is 1.83. The molecule has 1 aliphatic rings. The molecule has 24 heavy (non-hydrogen) atoms. The number of benzene rings is 1. The van der Waals surface area contributed by atoms with Gasteiger partial charge in [0, 0.05) is 11.1 Å². The number of carbonyl (C=O) groups is 2. The molecule has 0 radical (unpaired) electrons. The molecule has 3 rings (SSSR count). The van der Waals surface area contributed by atoms with Crippen LogP contribution in [0.15, 0.2) is 29.6 Å². The second-order valence-electron chi connectivity index (χ2n) is 5.31. The molecular formula is C15H12F3N3O2S. The smallest absolute Gasteiger partial charge is 0.322 e. The number of amides is 3. The minimum atomic E-state index is -4.51. The molecule has 2 heterocycles. The third-order valence-electron chi connectivity index (χ3n) is 3.53. The van der Waals surface area contributed by atoms with Crippen molar-refractivity contribution in [2.45, 2.75) is 25.7 Å². The molecule has 0 bridgehead atoms. The first kappa shape index (κ1) is 16.4. The van der Waals surface area contributed by atoms with Crippen LogP contribution in [0.5, 0.6) is 0 Å². The molecule has 0 saturated carbocycles. The molecule has 1 fully saturated rings. The number of nitrogens with one attached hydrogen (secondary N) is 1. The molecule has 1 aromatic heterocycles. The van der Waals surface area contributed by atoms with E-state index in [-0.39, 0.29) is 12.1 Å². The van der Waals surface area contributed by atoms with Gasteiger partial charge in [0.25, 0.3) is 5.91 Å². The van der Waals surface area contributed by atoms with Crippen LogP contribution < -0.4 is 5.32 Å². The SMILES string of the molecule is Cc1csc(CN2C(=O)NC(c3cccc(C(F)(F)F)c3)C2=O)n1. The Morgan fingerprint density at radius 3 is 2.71 bits per heavy atom. The Morgan fingerprint density at radius 2 is 2.08 bits per heavy atom. The van der Waals surface area contributed by atoms with Crippen molar-refractivity contribution in [3.8, 4) is 0 Å². The molecule has 1 aromatic carbocycles. The summed E-state index contributed by atoms with van der Waals surface area (Å²) in [5, 5.41) is 4.80. The van der Waals surface area contributed by atoms with Crippen molar-refractivity contribution in [3.05, 3.63) is 51.5 Å². The molecule has 1 saturated heterocycles. The van der Waals surface area contributed by atoms with E-state index in [0.29, 0.717) is 5.01 Å². The molecular weight excluding hydrogens is 343 g/mol. The summed E-state index contributed by atoms with van der Waals surface area (Å²) in [7, 11) is 0. The summed E-state index contributed by atoms with van der Waals surface area (Å²) in [6.07, 6.45) is -4.51. The lowest BCUT2D eigenvalue weighted by molar-refractivity contribution is -0.137. The van der Waals surface area contributed by atoms with Crippen LogP contribution in [-0.2, 0) is 17.5 Å². The number of urea groups is 1. The number of carbonyl (C=O) groups excluding carboxylic acids is 2. The molecule has 1 N–H and O–H groups in total. The van der Waals surface area contributed by atoms with Crippen molar-refractivity contribution in [1.82, 2.24) is 15.2 Å². The first-order chi connectivity index (χ1) is 11.3. The van der Waals surface area contributed by atoms with Crippen LogP contribution in [0.1, 0.15) is 27.9 Å². The third kappa shape index (κ3) is 3.12. The number of aromatic nitrogens is 1. The zero-order valence-corrected chi connectivity index (χ0v) is 13.2. The predicted octanol–water partition coefficient (Wildman–Crippen LogP) is 3.26. The summed E-state index contributed by atoms with van der Waals surface area (Å²) in [6, 6.07) is 2.62. The number of thiazole rings is 1. The van der Waals surface area contributed by atoms with Crippen LogP contribution in [0.3, 0.4) is 0 Å². The largest absolute Gasteiger partial charge is 0.416 e. The van der Waals surface area contributed by atoms with E-state index in [1.165, 1.54) is 23.5 Å². The molecule has 0 spiro atoms. The fourth-order valence-electron chi connectivity index (χ4n) is 2.40. The second kappa shape index (κ2) is 5.90. The van der Waals surface area contributed by atoms with E-state index in [9.17, 15) is 22.8 Å². The summed E-state index contributed by atoms with van der Waals surface area (Å²) >= 11 is 1.31. The fourth-order valence-corrected chi connectivity index (χ4v) is 3.16. The molecule has 1 atom stereocenters. The Bertz CT molecular complexity index is 803. The van der Waals surface area contributed by atoms with Gasteiger partial charge in [-0.15, -0.1) is 11.3 Å². The summed E-state index contributed by atoms with van der Waals surface area (Å²) in [5.41, 5.74) is 0.00789. The van der Waals surface area contributed by atoms with Gasteiger partial charge in [0.05, 0.1) is 12.1 Å². The van der Waals surface area contributed by atoms with Gasteiger partial charge in [0.2, 0.25) is 0 Å². The zero-order chi connectivity index (χ0) is 17.5. The van der Waals surface area contributed by atoms with Crippen LogP contribution in [0.25, 0.3) is 0 Å². The number of nitrogens with zero attached hydrogens (tertiary/aromatic N) is 2. The normalized spacial score (nSPS) is 18.2. The number of alkyl halides is 3. The predicted molar refractivity (Wildman–Crippen MR) is 80.1 cm³/mol. The van der Waals surface area contributed by atoms with Gasteiger partial charge in [-0.3, -0.25) is 9.69 Å². The van der Waals surface area contributed by atoms with E-state index in [2.05, 4.69) is 10.3 Å². The van der Waals surface area contributed by atoms with E-state index in [4.69, 9.17) is 0 Å². The number of halogens is 3. The third-order valence-corrected chi connectivity index (χ3v) is 4.48. The highest BCUT2D eigenvalue weighted by atomic mass is 32.1. The summed E-state index contributed by atoms with van der Waals surface area (Å²) in [5.74, 6) is -0.591. The van der Waals surface area contributed by atoms with E-state index >= 15 is 0 Å². The maximum absolute atomic E-state index is 12.8. The van der Waals surface area contributed by atoms with Crippen molar-refractivity contribution in [3.63, 3.8) is 0 Å². The van der Waals surface area contributed by atoms with Crippen molar-refractivity contribution < 1.29 is 22.8 Å². The Hall–Kier alpha value is -2.42. The van der Waals surface area contributed by atoms with Gasteiger partial charge in [-0.2, -0.15) is 13.2 Å². The average molecular weight is 355 g/mol. The number of rotatable bonds is 3. The average Bonchev–Trinajstić information content (AvgIpc) is 3.05. The van der Waals surface area contributed by atoms with Gasteiger partial charge in [-0.1, -0.05) is 12.1 Å². The van der Waals surface area contributed by atoms with Crippen LogP contribution in [0.2, 0.25) is 0 Å². The van der Waals surface area contributed by atoms with Gasteiger partial charge in [0.1, 0.15) is 11.0 Å². The summed E-state index contributed by atoms with van der Waals surface area (Å²) < 4.78 is 38.4. The molecule has 1 unspecified atom stereocenters. The zero-order valence-electron chi connectivity index (χ0n) is 12.4. The maximum Gasteiger partial charge on any atom is 0.416 e. The number of imide groups is 1. The van der Waals surface area contributed by atoms with Gasteiger partial charge in [-0.05, 0) is 24.6 Å². The topological polar surface area (TPSA) is 62.3 Å². The second-order valence-corrected chi connectivity index (χ2v) is 6.26. The van der Waals surface area contributed by atoms with Crippen LogP contribution in [-0.4, -0.2) is 21.8 Å². The number of aryl methyl sites for hydroxylation is 1. The number of hydrogen-bond donors (Lipinski definition) is 1. The van der Waals surface area contributed by atoms with Crippen LogP contribution >= 0.6 is 11.3 Å². The molecule has 5 nitrogen and oxygen atoms in total. The first-order valence-electron chi connectivity index (χ1n) is 6.96. The summed E-state index contributed by atoms with van der Waals surface area (Å²) in [4.78, 5) is 29.6. The lowest BCUT2D eigenvalue weighted by Gasteiger charge is -2.13. The summed E-state index contributed by atoms with van der Waals surface area (Å²) in [6.45, 7) is 1.79. The lowest BCUT2D eigenvalue weighted by atomic mass is 10.0. The maximum atomic E-state index is 12.8. The lowest BCUT2D eigenvalue weighted by Crippen LogP contribution is -2.30. The molecule has 1 aliphatic heterocycles. The monoisotopic (exact) mass is 355 g/mol. The molecule has 2 aromatic rings. The van der Waals surface area contributed by atoms with Gasteiger partial charge >= 0.3 is 12.2 Å². The van der Waals surface area contributed by atoms with Crippen molar-refractivity contribution in [2.24, 2.45) is 0 Å². The molecule has 9 heteroatoms. The van der Waals surface area contributed by atoms with E-state index < -0.39 is 29.7 Å². The minimum absolute atomic E-state index is 0.00135. The molecule has 126 valence electrons. The van der Waals surface area contributed by atoms with Crippen LogP contribution in [0, 0.1) is 6.92 Å². The van der Waals surface area contributed by atoms with E-state index in [1.54, 1.807) is 12.3 Å². The molecule has 0 aliphatic carbocycles. The first-order valence-corrected chi connectivity index (χ1v) is 7.83. The highest BCUT2D eigenvalue weighted by Crippen LogP contribution is 2.32. The highest BCUT2D eigenvalue weighted by Gasteiger charge is 2.40. The van der Waals surface area contributed by atoms with Crippen molar-refractivity contribution in [2.75, 3.05) is 0 Å². The van der Waals surface area contributed by atoms with Gasteiger partial charge in [-0.25, -0.2) is 9.78 Å². The Morgan fingerprint density at radius 1 is 1.33 bits per heavy atom.